The van der Waals surface area contributed by atoms with Gasteiger partial charge in [-0.25, -0.2) is 26.8 Å². The number of hydrogen-bond acceptors (Lipinski definition) is 8. The minimum Gasteiger partial charge on any atom is -0.505 e. The normalized spacial score (nSPS) is 11.5. The fourth-order valence-electron chi connectivity index (χ4n) is 1.46. The molecule has 0 atom stereocenters. The average molecular weight is 626 g/mol. The zero-order chi connectivity index (χ0) is 20.1. The van der Waals surface area contributed by atoms with E-state index in [0.29, 0.717) is 7.27 Å². The Balaban J connectivity index is 0.000000260. The van der Waals surface area contributed by atoms with Crippen LogP contribution in [-0.4, -0.2) is 48.5 Å². The van der Waals surface area contributed by atoms with E-state index >= 15 is 0 Å². The van der Waals surface area contributed by atoms with Crippen LogP contribution in [0.15, 0.2) is 34.4 Å². The summed E-state index contributed by atoms with van der Waals surface area (Å²) >= 11 is 3.63. The summed E-state index contributed by atoms with van der Waals surface area (Å²) in [5, 5.41) is 18.3. The van der Waals surface area contributed by atoms with E-state index in [9.17, 15) is 16.8 Å². The van der Waals surface area contributed by atoms with Crippen molar-refractivity contribution in [2.75, 3.05) is 11.5 Å². The lowest BCUT2D eigenvalue weighted by atomic mass is 10.5. The van der Waals surface area contributed by atoms with Crippen LogP contribution < -0.4 is 0 Å². The largest absolute Gasteiger partial charge is 0.505 e. The predicted octanol–water partition coefficient (Wildman–Crippen LogP) is 2.37. The number of hydrogen-bond donors (Lipinski definition) is 2. The summed E-state index contributed by atoms with van der Waals surface area (Å²) < 4.78 is 46.1. The molecule has 2 aromatic heterocycles. The summed E-state index contributed by atoms with van der Waals surface area (Å²) in [5.74, 6) is 0.0214. The first kappa shape index (κ1) is 23.3. The summed E-state index contributed by atoms with van der Waals surface area (Å²) in [7, 11) is -6.53. The number of aromatic nitrogens is 2. The van der Waals surface area contributed by atoms with Gasteiger partial charge in [-0.1, -0.05) is 13.8 Å². The third kappa shape index (κ3) is 6.16. The van der Waals surface area contributed by atoms with Crippen molar-refractivity contribution in [1.29, 1.82) is 0 Å². The van der Waals surface area contributed by atoms with Crippen LogP contribution in [0.2, 0.25) is 0 Å². The van der Waals surface area contributed by atoms with Crippen molar-refractivity contribution in [2.24, 2.45) is 0 Å². The lowest BCUT2D eigenvalue weighted by Gasteiger charge is -2.01. The Morgan fingerprint density at radius 1 is 0.923 bits per heavy atom. The van der Waals surface area contributed by atoms with Gasteiger partial charge in [-0.05, 0) is 63.4 Å². The minimum absolute atomic E-state index is 0.00402. The highest BCUT2D eigenvalue weighted by Crippen LogP contribution is 2.21. The molecule has 0 amide bonds. The Bertz CT molecular complexity index is 913. The van der Waals surface area contributed by atoms with Gasteiger partial charge in [0.2, 0.25) is 0 Å². The SMILES string of the molecule is CCS(=O)(=O)c1cc(I)c(O)cn1.CCS(=O)(=O)c1ccc(O)c(I)n1. The maximum absolute atomic E-state index is 11.3. The second-order valence-corrected chi connectivity index (χ2v) is 11.4. The summed E-state index contributed by atoms with van der Waals surface area (Å²) in [6, 6.07) is 3.99. The second kappa shape index (κ2) is 9.45. The zero-order valence-electron chi connectivity index (χ0n) is 13.7. The first-order chi connectivity index (χ1) is 11.9. The third-order valence-electron chi connectivity index (χ3n) is 3.01. The van der Waals surface area contributed by atoms with Crippen LogP contribution in [-0.2, 0) is 19.7 Å². The molecule has 0 aliphatic heterocycles. The number of nitrogens with zero attached hydrogens (tertiary/aromatic N) is 2. The highest BCUT2D eigenvalue weighted by Gasteiger charge is 2.15. The first-order valence-electron chi connectivity index (χ1n) is 7.10. The summed E-state index contributed by atoms with van der Waals surface area (Å²) in [5.41, 5.74) is 0. The van der Waals surface area contributed by atoms with E-state index in [1.807, 2.05) is 22.6 Å². The number of aromatic hydroxyl groups is 2. The Labute approximate surface area is 179 Å². The Kier molecular flexibility index (Phi) is 8.47. The van der Waals surface area contributed by atoms with E-state index < -0.39 is 19.7 Å². The topological polar surface area (TPSA) is 135 Å². The molecule has 0 unspecified atom stereocenters. The van der Waals surface area contributed by atoms with Crippen LogP contribution in [0.5, 0.6) is 11.5 Å². The van der Waals surface area contributed by atoms with Gasteiger partial charge in [0.25, 0.3) is 0 Å². The molecule has 0 bridgehead atoms. The van der Waals surface area contributed by atoms with Crippen molar-refractivity contribution in [3.05, 3.63) is 31.7 Å². The van der Waals surface area contributed by atoms with Gasteiger partial charge >= 0.3 is 0 Å². The van der Waals surface area contributed by atoms with E-state index in [-0.39, 0.29) is 33.1 Å². The maximum Gasteiger partial charge on any atom is 0.195 e. The molecule has 8 nitrogen and oxygen atoms in total. The third-order valence-corrected chi connectivity index (χ3v) is 7.91. The lowest BCUT2D eigenvalue weighted by molar-refractivity contribution is 0.466. The molecule has 0 aliphatic rings. The van der Waals surface area contributed by atoms with Crippen LogP contribution >= 0.6 is 45.2 Å². The molecular weight excluding hydrogens is 610 g/mol. The van der Waals surface area contributed by atoms with Crippen LogP contribution in [0.3, 0.4) is 0 Å². The maximum atomic E-state index is 11.3. The Hall–Kier alpha value is -0.740. The molecule has 26 heavy (non-hydrogen) atoms. The smallest absolute Gasteiger partial charge is 0.195 e. The molecule has 0 saturated carbocycles. The van der Waals surface area contributed by atoms with Crippen molar-refractivity contribution < 1.29 is 27.0 Å². The van der Waals surface area contributed by atoms with Crippen LogP contribution in [0.4, 0.5) is 0 Å². The molecular formula is C14H16I2N2O6S2. The van der Waals surface area contributed by atoms with Crippen LogP contribution in [0.25, 0.3) is 0 Å². The highest BCUT2D eigenvalue weighted by molar-refractivity contribution is 14.1. The molecule has 0 radical (unpaired) electrons. The van der Waals surface area contributed by atoms with E-state index in [2.05, 4.69) is 9.97 Å². The van der Waals surface area contributed by atoms with Gasteiger partial charge < -0.3 is 10.2 Å². The summed E-state index contributed by atoms with van der Waals surface area (Å²) in [4.78, 5) is 7.40. The number of halogens is 2. The Morgan fingerprint density at radius 2 is 1.46 bits per heavy atom. The van der Waals surface area contributed by atoms with Crippen LogP contribution in [0, 0.1) is 7.27 Å². The summed E-state index contributed by atoms with van der Waals surface area (Å²) in [6.45, 7) is 3.10. The fraction of sp³-hybridized carbons (Fsp3) is 0.286. The van der Waals surface area contributed by atoms with Crippen molar-refractivity contribution in [3.8, 4) is 11.5 Å². The molecule has 2 N–H and O–H groups in total. The fourth-order valence-corrected chi connectivity index (χ4v) is 4.31. The van der Waals surface area contributed by atoms with Crippen molar-refractivity contribution in [3.63, 3.8) is 0 Å². The molecule has 0 aliphatic carbocycles. The standard InChI is InChI=1S/2C7H8INO3S/c1-2-13(11,12)7-3-5(8)6(10)4-9-7;1-2-13(11,12)6-4-3-5(10)7(8)9-6/h2*3-4,10H,2H2,1H3. The van der Waals surface area contributed by atoms with Crippen molar-refractivity contribution in [2.45, 2.75) is 23.9 Å². The molecule has 0 saturated heterocycles. The molecule has 0 spiro atoms. The molecule has 0 fully saturated rings. The number of rotatable bonds is 4. The Morgan fingerprint density at radius 3 is 1.92 bits per heavy atom. The van der Waals surface area contributed by atoms with Gasteiger partial charge in [-0.3, -0.25) is 0 Å². The molecule has 144 valence electrons. The minimum atomic E-state index is -3.26. The van der Waals surface area contributed by atoms with Crippen molar-refractivity contribution >= 4 is 64.9 Å². The van der Waals surface area contributed by atoms with Crippen LogP contribution in [0.1, 0.15) is 13.8 Å². The molecule has 2 rings (SSSR count). The first-order valence-corrected chi connectivity index (χ1v) is 12.6. The number of pyridine rings is 2. The van der Waals surface area contributed by atoms with E-state index in [1.54, 1.807) is 36.4 Å². The van der Waals surface area contributed by atoms with Crippen molar-refractivity contribution in [1.82, 2.24) is 9.97 Å². The van der Waals surface area contributed by atoms with Gasteiger partial charge in [0.1, 0.15) is 15.2 Å². The molecule has 2 heterocycles. The quantitative estimate of drug-likeness (QED) is 0.391. The highest BCUT2D eigenvalue weighted by atomic mass is 127. The molecule has 0 aromatic carbocycles. The second-order valence-electron chi connectivity index (χ2n) is 4.74. The van der Waals surface area contributed by atoms with Gasteiger partial charge in [0.15, 0.2) is 29.7 Å². The van der Waals surface area contributed by atoms with E-state index in [4.69, 9.17) is 10.2 Å². The van der Waals surface area contributed by atoms with Gasteiger partial charge in [-0.15, -0.1) is 0 Å². The lowest BCUT2D eigenvalue weighted by Crippen LogP contribution is -2.06. The number of sulfone groups is 2. The molecule has 2 aromatic rings. The zero-order valence-corrected chi connectivity index (χ0v) is 19.7. The van der Waals surface area contributed by atoms with Gasteiger partial charge in [0, 0.05) is 0 Å². The van der Waals surface area contributed by atoms with E-state index in [0.717, 1.165) is 6.20 Å². The van der Waals surface area contributed by atoms with Gasteiger partial charge in [-0.2, -0.15) is 0 Å². The summed E-state index contributed by atoms with van der Waals surface area (Å²) in [6.07, 6.45) is 1.14. The van der Waals surface area contributed by atoms with E-state index in [1.165, 1.54) is 18.2 Å². The predicted molar refractivity (Wildman–Crippen MR) is 113 cm³/mol. The average Bonchev–Trinajstić information content (AvgIpc) is 2.60. The van der Waals surface area contributed by atoms with Gasteiger partial charge in [0.05, 0.1) is 21.3 Å². The molecule has 12 heteroatoms. The monoisotopic (exact) mass is 626 g/mol.